The van der Waals surface area contributed by atoms with E-state index < -0.39 is 10.0 Å². The molecule has 0 aliphatic carbocycles. The fraction of sp³-hybridized carbons (Fsp3) is 0.391. The van der Waals surface area contributed by atoms with Gasteiger partial charge in [0.05, 0.1) is 10.5 Å². The van der Waals surface area contributed by atoms with E-state index in [-0.39, 0.29) is 17.3 Å². The van der Waals surface area contributed by atoms with Crippen molar-refractivity contribution in [1.82, 2.24) is 29.4 Å². The third-order valence-electron chi connectivity index (χ3n) is 5.95. The summed E-state index contributed by atoms with van der Waals surface area (Å²) in [5, 5.41) is 7.06. The second-order valence-electron chi connectivity index (χ2n) is 7.97. The minimum absolute atomic E-state index is 0.119. The van der Waals surface area contributed by atoms with E-state index in [0.29, 0.717) is 24.5 Å². The number of hydrogen-bond acceptors (Lipinski definition) is 7. The predicted molar refractivity (Wildman–Crippen MR) is 128 cm³/mol. The minimum atomic E-state index is -3.69. The molecule has 0 bridgehead atoms. The van der Waals surface area contributed by atoms with Crippen molar-refractivity contribution in [3.63, 3.8) is 0 Å². The average Bonchev–Trinajstić information content (AvgIpc) is 3.58. The van der Waals surface area contributed by atoms with Gasteiger partial charge in [0.15, 0.2) is 5.82 Å². The van der Waals surface area contributed by atoms with Crippen LogP contribution >= 0.6 is 0 Å². The van der Waals surface area contributed by atoms with Crippen molar-refractivity contribution >= 4 is 21.6 Å². The maximum absolute atomic E-state index is 13.4. The Balaban J connectivity index is 1.65. The van der Waals surface area contributed by atoms with Crippen LogP contribution in [0.3, 0.4) is 0 Å². The van der Waals surface area contributed by atoms with Crippen molar-refractivity contribution in [1.29, 1.82) is 0 Å². The van der Waals surface area contributed by atoms with Crippen LogP contribution in [0.4, 0.5) is 5.69 Å². The summed E-state index contributed by atoms with van der Waals surface area (Å²) in [5.74, 6) is 0.227. The summed E-state index contributed by atoms with van der Waals surface area (Å²) < 4.78 is 29.2. The van der Waals surface area contributed by atoms with Gasteiger partial charge < -0.3 is 10.2 Å². The molecule has 180 valence electrons. The monoisotopic (exact) mass is 483 g/mol. The molecule has 3 aromatic rings. The molecule has 1 aliphatic heterocycles. The SMILES string of the molecule is CCN(CC)S(=O)(=O)c1ccc(N2CCCC2)c(C(=O)NCc2cccnc2-n2cncn2)c1. The van der Waals surface area contributed by atoms with E-state index in [1.165, 1.54) is 21.4 Å². The molecule has 10 nitrogen and oxygen atoms in total. The second-order valence-corrected chi connectivity index (χ2v) is 9.91. The zero-order valence-corrected chi connectivity index (χ0v) is 20.2. The standard InChI is InChI=1S/C23H29N7O3S/c1-3-29(4-2)34(32,33)19-9-10-21(28-12-5-6-13-28)20(14-19)23(31)26-15-18-8-7-11-25-22(18)30-17-24-16-27-30/h7-11,14,16-17H,3-6,12-13,15H2,1-2H3,(H,26,31). The molecule has 1 aliphatic rings. The molecule has 0 spiro atoms. The molecule has 0 unspecified atom stereocenters. The Morgan fingerprint density at radius 3 is 2.59 bits per heavy atom. The number of sulfonamides is 1. The van der Waals surface area contributed by atoms with E-state index in [1.807, 2.05) is 6.07 Å². The Bertz CT molecular complexity index is 1240. The van der Waals surface area contributed by atoms with Gasteiger partial charge in [-0.1, -0.05) is 19.9 Å². The number of carbonyl (C=O) groups excluding carboxylic acids is 1. The average molecular weight is 484 g/mol. The fourth-order valence-corrected chi connectivity index (χ4v) is 5.65. The van der Waals surface area contributed by atoms with Gasteiger partial charge in [-0.2, -0.15) is 9.40 Å². The van der Waals surface area contributed by atoms with Crippen molar-refractivity contribution in [2.45, 2.75) is 38.1 Å². The van der Waals surface area contributed by atoms with E-state index in [0.717, 1.165) is 37.2 Å². The minimum Gasteiger partial charge on any atom is -0.371 e. The quantitative estimate of drug-likeness (QED) is 0.496. The van der Waals surface area contributed by atoms with Gasteiger partial charge >= 0.3 is 0 Å². The molecule has 34 heavy (non-hydrogen) atoms. The number of carbonyl (C=O) groups is 1. The van der Waals surface area contributed by atoms with E-state index in [1.54, 1.807) is 44.6 Å². The predicted octanol–water partition coefficient (Wildman–Crippen LogP) is 2.22. The number of nitrogens with zero attached hydrogens (tertiary/aromatic N) is 6. The molecule has 11 heteroatoms. The molecular formula is C23H29N7O3S. The van der Waals surface area contributed by atoms with E-state index >= 15 is 0 Å². The molecule has 2 aromatic heterocycles. The summed E-state index contributed by atoms with van der Waals surface area (Å²) in [7, 11) is -3.69. The molecule has 1 aromatic carbocycles. The first-order chi connectivity index (χ1) is 16.5. The zero-order valence-electron chi connectivity index (χ0n) is 19.4. The third-order valence-corrected chi connectivity index (χ3v) is 7.99. The normalized spacial score (nSPS) is 14.0. The Kier molecular flexibility index (Phi) is 7.23. The van der Waals surface area contributed by atoms with Gasteiger partial charge in [0.1, 0.15) is 12.7 Å². The van der Waals surface area contributed by atoms with E-state index in [9.17, 15) is 13.2 Å². The highest BCUT2D eigenvalue weighted by atomic mass is 32.2. The molecule has 3 heterocycles. The number of pyridine rings is 1. The highest BCUT2D eigenvalue weighted by Gasteiger charge is 2.26. The summed E-state index contributed by atoms with van der Waals surface area (Å²) in [6.07, 6.45) is 6.69. The number of rotatable bonds is 9. The van der Waals surface area contributed by atoms with Crippen LogP contribution in [0.1, 0.15) is 42.6 Å². The Labute approximate surface area is 199 Å². The molecule has 4 rings (SSSR count). The van der Waals surface area contributed by atoms with Crippen LogP contribution in [0.2, 0.25) is 0 Å². The molecule has 0 radical (unpaired) electrons. The zero-order chi connectivity index (χ0) is 24.1. The van der Waals surface area contributed by atoms with Gasteiger partial charge in [0.2, 0.25) is 10.0 Å². The molecule has 0 atom stereocenters. The maximum Gasteiger partial charge on any atom is 0.253 e. The van der Waals surface area contributed by atoms with Crippen LogP contribution < -0.4 is 10.2 Å². The summed E-state index contributed by atoms with van der Waals surface area (Å²) in [6, 6.07) is 8.49. The third kappa shape index (κ3) is 4.80. The lowest BCUT2D eigenvalue weighted by Crippen LogP contribution is -2.32. The molecule has 1 N–H and O–H groups in total. The highest BCUT2D eigenvalue weighted by molar-refractivity contribution is 7.89. The molecular weight excluding hydrogens is 454 g/mol. The second kappa shape index (κ2) is 10.3. The maximum atomic E-state index is 13.4. The Hall–Kier alpha value is -3.31. The van der Waals surface area contributed by atoms with Gasteiger partial charge in [-0.15, -0.1) is 0 Å². The van der Waals surface area contributed by atoms with Gasteiger partial charge in [-0.3, -0.25) is 4.79 Å². The van der Waals surface area contributed by atoms with E-state index in [4.69, 9.17) is 0 Å². The van der Waals surface area contributed by atoms with Crippen molar-refractivity contribution in [3.8, 4) is 5.82 Å². The number of anilines is 1. The van der Waals surface area contributed by atoms with Gasteiger partial charge in [0, 0.05) is 50.2 Å². The largest absolute Gasteiger partial charge is 0.371 e. The Morgan fingerprint density at radius 1 is 1.15 bits per heavy atom. The lowest BCUT2D eigenvalue weighted by molar-refractivity contribution is 0.0951. The summed E-state index contributed by atoms with van der Waals surface area (Å²) in [6.45, 7) is 6.19. The van der Waals surface area contributed by atoms with Crippen molar-refractivity contribution < 1.29 is 13.2 Å². The fourth-order valence-electron chi connectivity index (χ4n) is 4.17. The number of benzene rings is 1. The molecule has 1 amide bonds. The summed E-state index contributed by atoms with van der Waals surface area (Å²) >= 11 is 0. The number of aromatic nitrogens is 4. The van der Waals surface area contributed by atoms with E-state index in [2.05, 4.69) is 25.3 Å². The van der Waals surface area contributed by atoms with Gasteiger partial charge in [-0.05, 0) is 37.1 Å². The van der Waals surface area contributed by atoms with Crippen LogP contribution in [0, 0.1) is 0 Å². The first-order valence-electron chi connectivity index (χ1n) is 11.4. The van der Waals surface area contributed by atoms with Gasteiger partial charge in [0.25, 0.3) is 5.91 Å². The van der Waals surface area contributed by atoms with Crippen LogP contribution in [-0.4, -0.2) is 64.6 Å². The van der Waals surface area contributed by atoms with Crippen LogP contribution in [0.5, 0.6) is 0 Å². The lowest BCUT2D eigenvalue weighted by Gasteiger charge is -2.23. The molecule has 0 saturated carbocycles. The van der Waals surface area contributed by atoms with Crippen LogP contribution in [0.25, 0.3) is 5.82 Å². The molecule has 1 fully saturated rings. The first kappa shape index (κ1) is 23.8. The Morgan fingerprint density at radius 2 is 1.91 bits per heavy atom. The lowest BCUT2D eigenvalue weighted by atomic mass is 10.1. The summed E-state index contributed by atoms with van der Waals surface area (Å²) in [5.41, 5.74) is 1.86. The number of hydrogen-bond donors (Lipinski definition) is 1. The van der Waals surface area contributed by atoms with Crippen molar-refractivity contribution in [3.05, 3.63) is 60.3 Å². The molecule has 1 saturated heterocycles. The smallest absolute Gasteiger partial charge is 0.253 e. The van der Waals surface area contributed by atoms with Crippen molar-refractivity contribution in [2.75, 3.05) is 31.1 Å². The summed E-state index contributed by atoms with van der Waals surface area (Å²) in [4.78, 5) is 23.9. The van der Waals surface area contributed by atoms with Crippen LogP contribution in [-0.2, 0) is 16.6 Å². The number of nitrogens with one attached hydrogen (secondary N) is 1. The van der Waals surface area contributed by atoms with Crippen molar-refractivity contribution in [2.24, 2.45) is 0 Å². The topological polar surface area (TPSA) is 113 Å². The first-order valence-corrected chi connectivity index (χ1v) is 12.9. The van der Waals surface area contributed by atoms with Gasteiger partial charge in [-0.25, -0.2) is 23.1 Å². The number of amides is 1. The highest BCUT2D eigenvalue weighted by Crippen LogP contribution is 2.28. The van der Waals surface area contributed by atoms with Crippen LogP contribution in [0.15, 0.2) is 54.1 Å².